The van der Waals surface area contributed by atoms with E-state index in [0.29, 0.717) is 6.42 Å². The highest BCUT2D eigenvalue weighted by Gasteiger charge is 2.30. The predicted molar refractivity (Wildman–Crippen MR) is 62.5 cm³/mol. The third-order valence-corrected chi connectivity index (χ3v) is 3.75. The first-order chi connectivity index (χ1) is 8.16. The average Bonchev–Trinajstić information content (AvgIpc) is 2.82. The van der Waals surface area contributed by atoms with Gasteiger partial charge in [-0.05, 0) is 38.6 Å². The summed E-state index contributed by atoms with van der Waals surface area (Å²) in [6.07, 6.45) is 5.04. The largest absolute Gasteiger partial charge is 0.481 e. The normalized spacial score (nSPS) is 33.3. The van der Waals surface area contributed by atoms with Gasteiger partial charge in [-0.15, -0.1) is 0 Å². The van der Waals surface area contributed by atoms with Crippen molar-refractivity contribution in [2.45, 2.75) is 50.6 Å². The molecule has 0 aromatic carbocycles. The summed E-state index contributed by atoms with van der Waals surface area (Å²) in [5.41, 5.74) is 0. The number of hydrogen-bond acceptors (Lipinski definition) is 3. The molecule has 2 fully saturated rings. The second kappa shape index (κ2) is 5.49. The van der Waals surface area contributed by atoms with Crippen molar-refractivity contribution in [1.82, 2.24) is 10.6 Å². The third kappa shape index (κ3) is 3.19. The summed E-state index contributed by atoms with van der Waals surface area (Å²) in [6, 6.07) is -0.0278. The highest BCUT2D eigenvalue weighted by molar-refractivity contribution is 5.82. The van der Waals surface area contributed by atoms with E-state index in [1.54, 1.807) is 0 Å². The summed E-state index contributed by atoms with van der Waals surface area (Å²) >= 11 is 0. The summed E-state index contributed by atoms with van der Waals surface area (Å²) < 4.78 is 0. The van der Waals surface area contributed by atoms with Gasteiger partial charge in [-0.1, -0.05) is 6.42 Å². The molecule has 0 bridgehead atoms. The lowest BCUT2D eigenvalue weighted by molar-refractivity contribution is -0.143. The summed E-state index contributed by atoms with van der Waals surface area (Å²) in [7, 11) is 0. The van der Waals surface area contributed by atoms with E-state index in [9.17, 15) is 9.59 Å². The number of amides is 1. The standard InChI is InChI=1S/C12H20N2O3/c15-11(10-5-2-6-13-10)14-9-4-1-3-8(7-9)12(16)17/h8-10,13H,1-7H2,(H,14,15)(H,16,17). The number of carbonyl (C=O) groups is 2. The minimum Gasteiger partial charge on any atom is -0.481 e. The molecule has 1 amide bonds. The Balaban J connectivity index is 1.81. The van der Waals surface area contributed by atoms with Gasteiger partial charge in [0, 0.05) is 6.04 Å². The maximum atomic E-state index is 11.9. The second-order valence-corrected chi connectivity index (χ2v) is 5.06. The highest BCUT2D eigenvalue weighted by Crippen LogP contribution is 2.24. The van der Waals surface area contributed by atoms with Crippen LogP contribution in [0.1, 0.15) is 38.5 Å². The Morgan fingerprint density at radius 1 is 1.18 bits per heavy atom. The maximum Gasteiger partial charge on any atom is 0.306 e. The van der Waals surface area contributed by atoms with Gasteiger partial charge in [0.25, 0.3) is 0 Å². The van der Waals surface area contributed by atoms with Gasteiger partial charge < -0.3 is 15.7 Å². The molecule has 3 unspecified atom stereocenters. The van der Waals surface area contributed by atoms with Crippen LogP contribution >= 0.6 is 0 Å². The molecular weight excluding hydrogens is 220 g/mol. The van der Waals surface area contributed by atoms with Gasteiger partial charge in [0.05, 0.1) is 12.0 Å². The van der Waals surface area contributed by atoms with Crippen molar-refractivity contribution < 1.29 is 14.7 Å². The molecule has 1 heterocycles. The highest BCUT2D eigenvalue weighted by atomic mass is 16.4. The molecule has 3 N–H and O–H groups in total. The lowest BCUT2D eigenvalue weighted by Gasteiger charge is -2.28. The lowest BCUT2D eigenvalue weighted by Crippen LogP contribution is -2.47. The SMILES string of the molecule is O=C(O)C1CCCC(NC(=O)C2CCCN2)C1. The van der Waals surface area contributed by atoms with Gasteiger partial charge in [0.15, 0.2) is 0 Å². The van der Waals surface area contributed by atoms with Crippen molar-refractivity contribution in [2.24, 2.45) is 5.92 Å². The number of hydrogen-bond donors (Lipinski definition) is 3. The molecule has 1 saturated carbocycles. The molecule has 0 radical (unpaired) electrons. The van der Waals surface area contributed by atoms with Gasteiger partial charge in [-0.25, -0.2) is 0 Å². The molecule has 0 aromatic rings. The molecule has 1 saturated heterocycles. The Kier molecular flexibility index (Phi) is 3.99. The zero-order valence-corrected chi connectivity index (χ0v) is 9.95. The number of carboxylic acid groups (broad SMARTS) is 1. The molecule has 2 aliphatic rings. The quantitative estimate of drug-likeness (QED) is 0.671. The molecule has 96 valence electrons. The lowest BCUT2D eigenvalue weighted by atomic mass is 9.85. The molecule has 1 aliphatic heterocycles. The average molecular weight is 240 g/mol. The molecule has 2 rings (SSSR count). The fraction of sp³-hybridized carbons (Fsp3) is 0.833. The van der Waals surface area contributed by atoms with Crippen molar-refractivity contribution in [1.29, 1.82) is 0 Å². The van der Waals surface area contributed by atoms with E-state index in [1.165, 1.54) is 0 Å². The summed E-state index contributed by atoms with van der Waals surface area (Å²) in [5, 5.41) is 15.1. The summed E-state index contributed by atoms with van der Waals surface area (Å²) in [5.74, 6) is -0.980. The van der Waals surface area contributed by atoms with Gasteiger partial charge in [0.1, 0.15) is 0 Å². The first-order valence-electron chi connectivity index (χ1n) is 6.43. The summed E-state index contributed by atoms with van der Waals surface area (Å²) in [6.45, 7) is 0.903. The number of aliphatic carboxylic acids is 1. The minimum absolute atomic E-state index is 0.0403. The van der Waals surface area contributed by atoms with Crippen molar-refractivity contribution in [2.75, 3.05) is 6.54 Å². The number of carboxylic acids is 1. The van der Waals surface area contributed by atoms with Crippen molar-refractivity contribution in [3.63, 3.8) is 0 Å². The van der Waals surface area contributed by atoms with Crippen molar-refractivity contribution >= 4 is 11.9 Å². The van der Waals surface area contributed by atoms with Crippen LogP contribution in [0.25, 0.3) is 0 Å². The third-order valence-electron chi connectivity index (χ3n) is 3.75. The first kappa shape index (κ1) is 12.4. The molecule has 3 atom stereocenters. The van der Waals surface area contributed by atoms with Crippen LogP contribution in [0.3, 0.4) is 0 Å². The van der Waals surface area contributed by atoms with Crippen LogP contribution in [-0.4, -0.2) is 35.6 Å². The monoisotopic (exact) mass is 240 g/mol. The molecule has 0 aromatic heterocycles. The Morgan fingerprint density at radius 2 is 2.00 bits per heavy atom. The Labute approximate surface area is 101 Å². The van der Waals surface area contributed by atoms with E-state index in [-0.39, 0.29) is 23.9 Å². The Morgan fingerprint density at radius 3 is 2.65 bits per heavy atom. The Bertz CT molecular complexity index is 300. The van der Waals surface area contributed by atoms with Crippen LogP contribution in [0.5, 0.6) is 0 Å². The van der Waals surface area contributed by atoms with E-state index in [4.69, 9.17) is 5.11 Å². The van der Waals surface area contributed by atoms with Gasteiger partial charge in [-0.2, -0.15) is 0 Å². The zero-order valence-electron chi connectivity index (χ0n) is 9.95. The molecule has 1 aliphatic carbocycles. The summed E-state index contributed by atoms with van der Waals surface area (Å²) in [4.78, 5) is 22.8. The van der Waals surface area contributed by atoms with Gasteiger partial charge in [-0.3, -0.25) is 9.59 Å². The van der Waals surface area contributed by atoms with E-state index in [0.717, 1.165) is 38.6 Å². The van der Waals surface area contributed by atoms with Gasteiger partial charge >= 0.3 is 5.97 Å². The van der Waals surface area contributed by atoms with Crippen LogP contribution < -0.4 is 10.6 Å². The number of carbonyl (C=O) groups excluding carboxylic acids is 1. The maximum absolute atomic E-state index is 11.9. The van der Waals surface area contributed by atoms with E-state index in [1.807, 2.05) is 0 Å². The van der Waals surface area contributed by atoms with Crippen LogP contribution in [0.2, 0.25) is 0 Å². The van der Waals surface area contributed by atoms with Crippen molar-refractivity contribution in [3.05, 3.63) is 0 Å². The topological polar surface area (TPSA) is 78.4 Å². The molecule has 17 heavy (non-hydrogen) atoms. The fourth-order valence-electron chi connectivity index (χ4n) is 2.76. The zero-order chi connectivity index (χ0) is 12.3. The van der Waals surface area contributed by atoms with Crippen LogP contribution in [0.4, 0.5) is 0 Å². The Hall–Kier alpha value is -1.10. The van der Waals surface area contributed by atoms with Gasteiger partial charge in [0.2, 0.25) is 5.91 Å². The predicted octanol–water partition coefficient (Wildman–Crippen LogP) is 0.498. The van der Waals surface area contributed by atoms with Crippen LogP contribution in [0.15, 0.2) is 0 Å². The first-order valence-corrected chi connectivity index (χ1v) is 6.43. The second-order valence-electron chi connectivity index (χ2n) is 5.06. The van der Waals surface area contributed by atoms with E-state index >= 15 is 0 Å². The van der Waals surface area contributed by atoms with E-state index in [2.05, 4.69) is 10.6 Å². The molecule has 5 heteroatoms. The number of rotatable bonds is 3. The van der Waals surface area contributed by atoms with Crippen LogP contribution in [0, 0.1) is 5.92 Å². The molecule has 0 spiro atoms. The smallest absolute Gasteiger partial charge is 0.306 e. The fourth-order valence-corrected chi connectivity index (χ4v) is 2.76. The van der Waals surface area contributed by atoms with Crippen molar-refractivity contribution in [3.8, 4) is 0 Å². The van der Waals surface area contributed by atoms with Crippen LogP contribution in [-0.2, 0) is 9.59 Å². The molecular formula is C12H20N2O3. The molecule has 5 nitrogen and oxygen atoms in total. The minimum atomic E-state index is -0.733. The van der Waals surface area contributed by atoms with E-state index < -0.39 is 5.97 Å². The number of nitrogens with one attached hydrogen (secondary N) is 2.